The Balaban J connectivity index is 2.73. The zero-order valence-electron chi connectivity index (χ0n) is 8.29. The van der Waals surface area contributed by atoms with Crippen LogP contribution < -0.4 is 0 Å². The molecule has 1 aliphatic rings. The van der Waals surface area contributed by atoms with E-state index in [0.29, 0.717) is 0 Å². The second kappa shape index (κ2) is 5.34. The summed E-state index contributed by atoms with van der Waals surface area (Å²) < 4.78 is 4.64. The third-order valence-electron chi connectivity index (χ3n) is 2.54. The van der Waals surface area contributed by atoms with Crippen molar-refractivity contribution in [2.75, 3.05) is 6.61 Å². The maximum absolute atomic E-state index is 9.44. The Morgan fingerprint density at radius 2 is 1.50 bits per heavy atom. The fraction of sp³-hybridized carbons (Fsp3) is 1.00. The normalized spacial score (nSPS) is 44.1. The van der Waals surface area contributed by atoms with E-state index in [1.807, 2.05) is 0 Å². The van der Waals surface area contributed by atoms with Crippen molar-refractivity contribution in [1.29, 1.82) is 0 Å². The van der Waals surface area contributed by atoms with Gasteiger partial charge in [-0.25, -0.2) is 0 Å². The first-order chi connectivity index (χ1) is 7.40. The van der Waals surface area contributed by atoms with Crippen LogP contribution in [0.1, 0.15) is 0 Å². The molecule has 7 N–H and O–H groups in total. The molecule has 0 radical (unpaired) electrons. The van der Waals surface area contributed by atoms with Gasteiger partial charge in [0.25, 0.3) is 0 Å². The van der Waals surface area contributed by atoms with Crippen LogP contribution in [0.25, 0.3) is 0 Å². The smallest absolute Gasteiger partial charge is 0.184 e. The highest BCUT2D eigenvalue weighted by Gasteiger charge is 2.47. The number of aliphatic hydroxyl groups excluding tert-OH is 7. The van der Waals surface area contributed by atoms with Crippen molar-refractivity contribution in [3.8, 4) is 0 Å². The van der Waals surface area contributed by atoms with Gasteiger partial charge < -0.3 is 40.5 Å². The minimum atomic E-state index is -1.79. The molecule has 8 heteroatoms. The summed E-state index contributed by atoms with van der Waals surface area (Å²) in [6.45, 7) is -0.775. The van der Waals surface area contributed by atoms with E-state index < -0.39 is 49.5 Å². The van der Waals surface area contributed by atoms with Gasteiger partial charge in [0, 0.05) is 0 Å². The van der Waals surface area contributed by atoms with Crippen LogP contribution in [0.2, 0.25) is 0 Å². The molecule has 1 heterocycles. The third kappa shape index (κ3) is 2.50. The molecular weight excluding hydrogens is 224 g/mol. The van der Waals surface area contributed by atoms with Crippen molar-refractivity contribution in [3.63, 3.8) is 0 Å². The lowest BCUT2D eigenvalue weighted by Crippen LogP contribution is -2.62. The molecule has 1 saturated heterocycles. The Morgan fingerprint density at radius 1 is 0.938 bits per heavy atom. The van der Waals surface area contributed by atoms with Gasteiger partial charge in [-0.15, -0.1) is 0 Å². The van der Waals surface area contributed by atoms with Crippen molar-refractivity contribution in [3.05, 3.63) is 0 Å². The Labute approximate surface area is 91.0 Å². The zero-order chi connectivity index (χ0) is 12.5. The van der Waals surface area contributed by atoms with Crippen molar-refractivity contribution in [1.82, 2.24) is 0 Å². The summed E-state index contributed by atoms with van der Waals surface area (Å²) in [5.74, 6) is 0. The second-order valence-electron chi connectivity index (χ2n) is 3.70. The molecule has 0 aromatic carbocycles. The minimum absolute atomic E-state index is 0.775. The summed E-state index contributed by atoms with van der Waals surface area (Å²) in [4.78, 5) is 0. The van der Waals surface area contributed by atoms with Crippen molar-refractivity contribution in [2.24, 2.45) is 0 Å². The fourth-order valence-corrected chi connectivity index (χ4v) is 1.50. The Bertz CT molecular complexity index is 220. The van der Waals surface area contributed by atoms with Gasteiger partial charge >= 0.3 is 0 Å². The number of ether oxygens (including phenoxy) is 1. The van der Waals surface area contributed by atoms with Gasteiger partial charge in [0.15, 0.2) is 6.29 Å². The van der Waals surface area contributed by atoms with Crippen molar-refractivity contribution < 1.29 is 40.5 Å². The lowest BCUT2D eigenvalue weighted by molar-refractivity contribution is -0.303. The van der Waals surface area contributed by atoms with Crippen LogP contribution in [-0.4, -0.2) is 85.3 Å². The van der Waals surface area contributed by atoms with Crippen LogP contribution in [-0.2, 0) is 4.74 Å². The van der Waals surface area contributed by atoms with E-state index >= 15 is 0 Å². The first-order valence-corrected chi connectivity index (χ1v) is 4.75. The zero-order valence-corrected chi connectivity index (χ0v) is 8.29. The highest BCUT2D eigenvalue weighted by Crippen LogP contribution is 2.23. The maximum atomic E-state index is 9.44. The number of aliphatic hydroxyl groups is 7. The Hall–Kier alpha value is -0.320. The van der Waals surface area contributed by atoms with E-state index in [2.05, 4.69) is 4.74 Å². The summed E-state index contributed by atoms with van der Waals surface area (Å²) in [6, 6.07) is 0. The average molecular weight is 240 g/mol. The Morgan fingerprint density at radius 3 is 2.00 bits per heavy atom. The summed E-state index contributed by atoms with van der Waals surface area (Å²) in [7, 11) is 0. The number of rotatable bonds is 3. The minimum Gasteiger partial charge on any atom is -0.394 e. The average Bonchev–Trinajstić information content (AvgIpc) is 2.29. The molecule has 0 amide bonds. The molecule has 1 rings (SSSR count). The first-order valence-electron chi connectivity index (χ1n) is 4.75. The van der Waals surface area contributed by atoms with Crippen LogP contribution in [0.4, 0.5) is 0 Å². The predicted molar refractivity (Wildman–Crippen MR) is 48.0 cm³/mol. The quantitative estimate of drug-likeness (QED) is 0.261. The number of hydrogen-bond acceptors (Lipinski definition) is 8. The molecule has 0 saturated carbocycles. The molecule has 0 bridgehead atoms. The molecule has 1 unspecified atom stereocenters. The van der Waals surface area contributed by atoms with Crippen LogP contribution >= 0.6 is 0 Å². The molecule has 96 valence electrons. The summed E-state index contributed by atoms with van der Waals surface area (Å²) in [6.07, 6.45) is -11.7. The van der Waals surface area contributed by atoms with E-state index in [1.54, 1.807) is 0 Å². The van der Waals surface area contributed by atoms with Crippen LogP contribution in [0.15, 0.2) is 0 Å². The molecule has 7 atom stereocenters. The molecule has 0 aromatic rings. The number of hydrogen-bond donors (Lipinski definition) is 7. The molecular formula is C8H16O8. The molecule has 0 spiro atoms. The molecule has 1 aliphatic heterocycles. The fourth-order valence-electron chi connectivity index (χ4n) is 1.50. The molecule has 1 fully saturated rings. The molecule has 8 nitrogen and oxygen atoms in total. The molecule has 16 heavy (non-hydrogen) atoms. The lowest BCUT2D eigenvalue weighted by Gasteiger charge is -2.40. The second-order valence-corrected chi connectivity index (χ2v) is 3.70. The van der Waals surface area contributed by atoms with Crippen LogP contribution in [0.5, 0.6) is 0 Å². The van der Waals surface area contributed by atoms with E-state index in [1.165, 1.54) is 0 Å². The summed E-state index contributed by atoms with van der Waals surface area (Å²) in [5, 5.41) is 64.1. The lowest BCUT2D eigenvalue weighted by atomic mass is 9.93. The maximum Gasteiger partial charge on any atom is 0.184 e. The SMILES string of the molecule is OC[C@H](O)[C@@H](O)[C@H]1OC(O)[C@H](O)[C@@H](O)[C@H]1O. The first kappa shape index (κ1) is 13.7. The standard InChI is InChI=1S/C8H16O8/c9-1-2(10)3(11)7-5(13)4(12)6(14)8(15)16-7/h2-15H,1H2/t2-,3+,4-,5+,6+,7+,8?/m0/s1. The van der Waals surface area contributed by atoms with E-state index in [9.17, 15) is 15.3 Å². The van der Waals surface area contributed by atoms with Gasteiger partial charge in [0.1, 0.15) is 36.6 Å². The predicted octanol–water partition coefficient (Wildman–Crippen LogP) is -4.50. The van der Waals surface area contributed by atoms with Crippen LogP contribution in [0, 0.1) is 0 Å². The van der Waals surface area contributed by atoms with Gasteiger partial charge in [-0.3, -0.25) is 0 Å². The van der Waals surface area contributed by atoms with E-state index in [-0.39, 0.29) is 0 Å². The largest absolute Gasteiger partial charge is 0.394 e. The molecule has 0 aromatic heterocycles. The topological polar surface area (TPSA) is 151 Å². The van der Waals surface area contributed by atoms with Gasteiger partial charge in [0.2, 0.25) is 0 Å². The highest BCUT2D eigenvalue weighted by molar-refractivity contribution is 4.93. The van der Waals surface area contributed by atoms with E-state index in [0.717, 1.165) is 0 Å². The summed E-state index contributed by atoms with van der Waals surface area (Å²) >= 11 is 0. The van der Waals surface area contributed by atoms with Gasteiger partial charge in [-0.1, -0.05) is 0 Å². The van der Waals surface area contributed by atoms with Crippen LogP contribution in [0.3, 0.4) is 0 Å². The Kier molecular flexibility index (Phi) is 4.59. The van der Waals surface area contributed by atoms with Gasteiger partial charge in [-0.2, -0.15) is 0 Å². The van der Waals surface area contributed by atoms with Crippen molar-refractivity contribution in [2.45, 2.75) is 42.9 Å². The highest BCUT2D eigenvalue weighted by atomic mass is 16.6. The third-order valence-corrected chi connectivity index (χ3v) is 2.54. The molecule has 0 aliphatic carbocycles. The van der Waals surface area contributed by atoms with Gasteiger partial charge in [-0.05, 0) is 0 Å². The van der Waals surface area contributed by atoms with Gasteiger partial charge in [0.05, 0.1) is 6.61 Å². The van der Waals surface area contributed by atoms with Crippen molar-refractivity contribution >= 4 is 0 Å². The van der Waals surface area contributed by atoms with E-state index in [4.69, 9.17) is 20.4 Å². The summed E-state index contributed by atoms with van der Waals surface area (Å²) in [5.41, 5.74) is 0. The monoisotopic (exact) mass is 240 g/mol.